The fourth-order valence-electron chi connectivity index (χ4n) is 3.14. The summed E-state index contributed by atoms with van der Waals surface area (Å²) in [7, 11) is 0. The number of fused-ring (bicyclic) bond motifs is 2. The van der Waals surface area contributed by atoms with Crippen LogP contribution in [0, 0.1) is 0 Å². The molecular weight excluding hydrogens is 425 g/mol. The van der Waals surface area contributed by atoms with Crippen LogP contribution in [0.2, 0.25) is 10.0 Å². The molecule has 0 bridgehead atoms. The molecule has 0 aliphatic heterocycles. The molecule has 0 unspecified atom stereocenters. The number of aromatic nitrogens is 2. The van der Waals surface area contributed by atoms with Gasteiger partial charge in [-0.2, -0.15) is 0 Å². The molecule has 7 heteroatoms. The Labute approximate surface area is 162 Å². The van der Waals surface area contributed by atoms with Crippen molar-refractivity contribution in [3.8, 4) is 0 Å². The summed E-state index contributed by atoms with van der Waals surface area (Å²) < 4.78 is 2.83. The number of carbonyl (C=O) groups is 1. The maximum atomic E-state index is 11.6. The van der Waals surface area contributed by atoms with Crippen LogP contribution in [-0.4, -0.2) is 15.5 Å². The molecular formula is C18H12BrCl2N3O. The van der Waals surface area contributed by atoms with Crippen molar-refractivity contribution >= 4 is 67.7 Å². The molecule has 1 heterocycles. The first-order chi connectivity index (χ1) is 11.9. The van der Waals surface area contributed by atoms with E-state index in [0.29, 0.717) is 21.4 Å². The number of carbonyl (C=O) groups excluding carboxylic acids is 1. The third-order valence-electron chi connectivity index (χ3n) is 4.21. The Morgan fingerprint density at radius 1 is 1.24 bits per heavy atom. The second kappa shape index (κ2) is 6.16. The normalized spacial score (nSPS) is 13.2. The van der Waals surface area contributed by atoms with Gasteiger partial charge in [0.05, 0.1) is 21.1 Å². The van der Waals surface area contributed by atoms with Crippen LogP contribution in [0.4, 0.5) is 0 Å². The SMILES string of the molecule is NC(=O)Cn1c(C2=Cc3ccc(Br)cc3C2)nc2cc(Cl)c(Cl)cc21. The summed E-state index contributed by atoms with van der Waals surface area (Å²) in [5.41, 5.74) is 10.2. The molecule has 0 fully saturated rings. The van der Waals surface area contributed by atoms with Crippen LogP contribution in [0.3, 0.4) is 0 Å². The predicted molar refractivity (Wildman–Crippen MR) is 105 cm³/mol. The minimum Gasteiger partial charge on any atom is -0.368 e. The lowest BCUT2D eigenvalue weighted by Crippen LogP contribution is -2.20. The summed E-state index contributed by atoms with van der Waals surface area (Å²) in [6, 6.07) is 9.58. The maximum Gasteiger partial charge on any atom is 0.237 e. The molecule has 126 valence electrons. The zero-order valence-electron chi connectivity index (χ0n) is 12.9. The van der Waals surface area contributed by atoms with E-state index in [-0.39, 0.29) is 6.54 Å². The third kappa shape index (κ3) is 2.97. The minimum absolute atomic E-state index is 0.0289. The standard InChI is InChI=1S/C18H12BrCl2N3O/c19-12-2-1-9-3-11(4-10(9)5-12)18-23-15-6-13(20)14(21)7-16(15)24(18)8-17(22)25/h1-3,5-7H,4,8H2,(H2,22,25). The number of allylic oxidation sites excluding steroid dienone is 1. The van der Waals surface area contributed by atoms with Crippen LogP contribution in [0.15, 0.2) is 34.8 Å². The number of halogens is 3. The quantitative estimate of drug-likeness (QED) is 0.647. The van der Waals surface area contributed by atoms with Crippen LogP contribution in [0.25, 0.3) is 22.7 Å². The Morgan fingerprint density at radius 3 is 2.76 bits per heavy atom. The van der Waals surface area contributed by atoms with Crippen molar-refractivity contribution in [3.05, 3.63) is 61.8 Å². The van der Waals surface area contributed by atoms with Gasteiger partial charge in [-0.1, -0.05) is 45.2 Å². The Morgan fingerprint density at radius 2 is 2.00 bits per heavy atom. The number of nitrogens with two attached hydrogens (primary N) is 1. The first-order valence-electron chi connectivity index (χ1n) is 7.55. The average molecular weight is 437 g/mol. The summed E-state index contributed by atoms with van der Waals surface area (Å²) >= 11 is 15.8. The lowest BCUT2D eigenvalue weighted by Gasteiger charge is -2.08. The molecule has 3 aromatic rings. The van der Waals surface area contributed by atoms with Crippen molar-refractivity contribution in [2.45, 2.75) is 13.0 Å². The second-order valence-electron chi connectivity index (χ2n) is 5.93. The van der Waals surface area contributed by atoms with Crippen molar-refractivity contribution in [2.24, 2.45) is 5.73 Å². The molecule has 25 heavy (non-hydrogen) atoms. The molecule has 1 aliphatic carbocycles. The molecule has 1 aromatic heterocycles. The van der Waals surface area contributed by atoms with E-state index < -0.39 is 5.91 Å². The van der Waals surface area contributed by atoms with Crippen molar-refractivity contribution in [1.82, 2.24) is 9.55 Å². The molecule has 0 atom stereocenters. The zero-order chi connectivity index (χ0) is 17.7. The smallest absolute Gasteiger partial charge is 0.237 e. The molecule has 0 saturated carbocycles. The van der Waals surface area contributed by atoms with E-state index in [2.05, 4.69) is 39.1 Å². The van der Waals surface area contributed by atoms with E-state index in [4.69, 9.17) is 28.9 Å². The Bertz CT molecular complexity index is 1070. The number of rotatable bonds is 3. The van der Waals surface area contributed by atoms with Gasteiger partial charge in [0.15, 0.2) is 0 Å². The molecule has 4 nitrogen and oxygen atoms in total. The van der Waals surface area contributed by atoms with Gasteiger partial charge >= 0.3 is 0 Å². The van der Waals surface area contributed by atoms with E-state index in [0.717, 1.165) is 27.5 Å². The molecule has 4 rings (SSSR count). The fraction of sp³-hybridized carbons (Fsp3) is 0.111. The van der Waals surface area contributed by atoms with E-state index >= 15 is 0 Å². The van der Waals surface area contributed by atoms with Gasteiger partial charge in [0.1, 0.15) is 12.4 Å². The van der Waals surface area contributed by atoms with Crippen LogP contribution in [0.5, 0.6) is 0 Å². The van der Waals surface area contributed by atoms with Crippen LogP contribution < -0.4 is 5.73 Å². The third-order valence-corrected chi connectivity index (χ3v) is 5.42. The number of imidazole rings is 1. The lowest BCUT2D eigenvalue weighted by atomic mass is 10.1. The number of benzene rings is 2. The van der Waals surface area contributed by atoms with Gasteiger partial charge in [-0.25, -0.2) is 4.98 Å². The van der Waals surface area contributed by atoms with Crippen LogP contribution in [-0.2, 0) is 17.8 Å². The summed E-state index contributed by atoms with van der Waals surface area (Å²) in [5.74, 6) is 0.268. The first kappa shape index (κ1) is 16.6. The van der Waals surface area contributed by atoms with Crippen molar-refractivity contribution in [2.75, 3.05) is 0 Å². The molecule has 0 spiro atoms. The second-order valence-corrected chi connectivity index (χ2v) is 7.66. The van der Waals surface area contributed by atoms with E-state index in [1.54, 1.807) is 16.7 Å². The summed E-state index contributed by atoms with van der Waals surface area (Å²) in [5, 5.41) is 0.844. The zero-order valence-corrected chi connectivity index (χ0v) is 16.0. The van der Waals surface area contributed by atoms with E-state index in [1.807, 2.05) is 6.07 Å². The summed E-state index contributed by atoms with van der Waals surface area (Å²) in [6.07, 6.45) is 2.82. The van der Waals surface area contributed by atoms with Crippen LogP contribution in [0.1, 0.15) is 17.0 Å². The molecule has 0 saturated heterocycles. The highest BCUT2D eigenvalue weighted by Gasteiger charge is 2.22. The number of nitrogens with zero attached hydrogens (tertiary/aromatic N) is 2. The maximum absolute atomic E-state index is 11.6. The van der Waals surface area contributed by atoms with E-state index in [1.165, 1.54) is 5.56 Å². The predicted octanol–water partition coefficient (Wildman–Crippen LogP) is 4.69. The van der Waals surface area contributed by atoms with Crippen molar-refractivity contribution < 1.29 is 4.79 Å². The molecule has 2 N–H and O–H groups in total. The van der Waals surface area contributed by atoms with Gasteiger partial charge in [-0.15, -0.1) is 0 Å². The Hall–Kier alpha value is -1.82. The highest BCUT2D eigenvalue weighted by atomic mass is 79.9. The first-order valence-corrected chi connectivity index (χ1v) is 9.10. The number of hydrogen-bond donors (Lipinski definition) is 1. The Kier molecular flexibility index (Phi) is 4.10. The molecule has 2 aromatic carbocycles. The lowest BCUT2D eigenvalue weighted by molar-refractivity contribution is -0.118. The summed E-state index contributed by atoms with van der Waals surface area (Å²) in [6.45, 7) is 0.0289. The van der Waals surface area contributed by atoms with Gasteiger partial charge in [0.25, 0.3) is 0 Å². The highest BCUT2D eigenvalue weighted by Crippen LogP contribution is 2.35. The number of primary amides is 1. The van der Waals surface area contributed by atoms with Gasteiger partial charge in [0, 0.05) is 16.5 Å². The largest absolute Gasteiger partial charge is 0.368 e. The number of amides is 1. The topological polar surface area (TPSA) is 60.9 Å². The average Bonchev–Trinajstić information content (AvgIpc) is 3.09. The van der Waals surface area contributed by atoms with Crippen molar-refractivity contribution in [1.29, 1.82) is 0 Å². The van der Waals surface area contributed by atoms with Crippen molar-refractivity contribution in [3.63, 3.8) is 0 Å². The number of hydrogen-bond acceptors (Lipinski definition) is 2. The van der Waals surface area contributed by atoms with E-state index in [9.17, 15) is 4.79 Å². The molecule has 1 aliphatic rings. The summed E-state index contributed by atoms with van der Waals surface area (Å²) in [4.78, 5) is 16.3. The highest BCUT2D eigenvalue weighted by molar-refractivity contribution is 9.10. The minimum atomic E-state index is -0.439. The molecule has 1 amide bonds. The molecule has 0 radical (unpaired) electrons. The van der Waals surface area contributed by atoms with Crippen LogP contribution >= 0.6 is 39.1 Å². The van der Waals surface area contributed by atoms with Gasteiger partial charge in [-0.3, -0.25) is 4.79 Å². The fourth-order valence-corrected chi connectivity index (χ4v) is 3.86. The van der Waals surface area contributed by atoms with Gasteiger partial charge < -0.3 is 10.3 Å². The van der Waals surface area contributed by atoms with Gasteiger partial charge in [0.2, 0.25) is 5.91 Å². The monoisotopic (exact) mass is 435 g/mol. The Balaban J connectivity index is 1.88. The van der Waals surface area contributed by atoms with Gasteiger partial charge in [-0.05, 0) is 41.5 Å².